The number of carbonyl (C=O) groups is 1. The van der Waals surface area contributed by atoms with Crippen molar-refractivity contribution in [1.82, 2.24) is 0 Å². The summed E-state index contributed by atoms with van der Waals surface area (Å²) in [6, 6.07) is 10.1. The maximum atomic E-state index is 11.6. The fraction of sp³-hybridized carbons (Fsp3) is 0.654. The minimum atomic E-state index is -1.04. The minimum Gasteiger partial charge on any atom is -0.463 e. The van der Waals surface area contributed by atoms with Crippen LogP contribution in [0.5, 0.6) is 0 Å². The number of aliphatic hydroxyl groups excluding tert-OH is 5. The van der Waals surface area contributed by atoms with Gasteiger partial charge < -0.3 is 30.3 Å². The highest BCUT2D eigenvalue weighted by molar-refractivity contribution is 5.69. The van der Waals surface area contributed by atoms with Crippen LogP contribution in [0.3, 0.4) is 0 Å². The van der Waals surface area contributed by atoms with E-state index in [-0.39, 0.29) is 24.9 Å². The van der Waals surface area contributed by atoms with Crippen molar-refractivity contribution >= 4 is 5.97 Å². The van der Waals surface area contributed by atoms with Gasteiger partial charge >= 0.3 is 5.97 Å². The largest absolute Gasteiger partial charge is 0.463 e. The molecule has 1 aliphatic rings. The van der Waals surface area contributed by atoms with Crippen LogP contribution in [0.4, 0.5) is 0 Å². The topological polar surface area (TPSA) is 127 Å². The molecule has 7 nitrogen and oxygen atoms in total. The molecule has 1 saturated carbocycles. The Hall–Kier alpha value is -1.77. The molecule has 0 amide bonds. The summed E-state index contributed by atoms with van der Waals surface area (Å²) < 4.78 is 4.86. The smallest absolute Gasteiger partial charge is 0.305 e. The number of carbonyl (C=O) groups excluding carboxylic acids is 1. The summed E-state index contributed by atoms with van der Waals surface area (Å²) in [7, 11) is 0. The van der Waals surface area contributed by atoms with Gasteiger partial charge in [-0.15, -0.1) is 0 Å². The van der Waals surface area contributed by atoms with Crippen molar-refractivity contribution in [2.45, 2.75) is 82.2 Å². The van der Waals surface area contributed by atoms with E-state index in [1.807, 2.05) is 30.4 Å². The van der Waals surface area contributed by atoms with Crippen LogP contribution in [0, 0.1) is 11.8 Å². The molecule has 1 fully saturated rings. The van der Waals surface area contributed by atoms with E-state index < -0.39 is 37.0 Å². The van der Waals surface area contributed by atoms with Gasteiger partial charge in [-0.1, -0.05) is 42.5 Å². The standard InChI is InChI=1S/C26H40O7/c27-17-21(29)18-33-26(32)11-7-2-1-6-10-22-23(25(31)16-24(22)30)15-14-20(28)13-12-19-8-4-3-5-9-19/h1,3-6,8-9,20-25,27-31H,2,7,10-18H2. The van der Waals surface area contributed by atoms with Crippen LogP contribution < -0.4 is 0 Å². The molecule has 0 spiro atoms. The van der Waals surface area contributed by atoms with Crippen molar-refractivity contribution in [3.05, 3.63) is 48.0 Å². The van der Waals surface area contributed by atoms with Gasteiger partial charge in [0.2, 0.25) is 0 Å². The molecule has 2 rings (SSSR count). The zero-order valence-electron chi connectivity index (χ0n) is 19.3. The number of allylic oxidation sites excluding steroid dienone is 2. The highest BCUT2D eigenvalue weighted by Gasteiger charge is 2.40. The molecule has 0 aliphatic heterocycles. The summed E-state index contributed by atoms with van der Waals surface area (Å²) in [5.74, 6) is -0.484. The molecule has 186 valence electrons. The Morgan fingerprint density at radius 3 is 2.48 bits per heavy atom. The van der Waals surface area contributed by atoms with Gasteiger partial charge in [0, 0.05) is 6.42 Å². The van der Waals surface area contributed by atoms with E-state index >= 15 is 0 Å². The van der Waals surface area contributed by atoms with E-state index in [1.54, 1.807) is 0 Å². The first kappa shape index (κ1) is 27.5. The molecule has 0 radical (unpaired) electrons. The van der Waals surface area contributed by atoms with Gasteiger partial charge in [-0.05, 0) is 68.8 Å². The van der Waals surface area contributed by atoms with Crippen LogP contribution in [0.25, 0.3) is 0 Å². The Labute approximate surface area is 196 Å². The first-order valence-corrected chi connectivity index (χ1v) is 12.1. The van der Waals surface area contributed by atoms with Crippen LogP contribution in [-0.4, -0.2) is 69.1 Å². The number of hydrogen-bond donors (Lipinski definition) is 5. The Kier molecular flexibility index (Phi) is 12.6. The molecule has 1 aliphatic carbocycles. The monoisotopic (exact) mass is 464 g/mol. The summed E-state index contributed by atoms with van der Waals surface area (Å²) in [5.41, 5.74) is 1.20. The predicted octanol–water partition coefficient (Wildman–Crippen LogP) is 2.13. The van der Waals surface area contributed by atoms with Crippen molar-refractivity contribution in [3.63, 3.8) is 0 Å². The van der Waals surface area contributed by atoms with E-state index in [0.29, 0.717) is 44.9 Å². The van der Waals surface area contributed by atoms with Gasteiger partial charge in [0.25, 0.3) is 0 Å². The third kappa shape index (κ3) is 10.4. The van der Waals surface area contributed by atoms with Gasteiger partial charge in [0.15, 0.2) is 0 Å². The van der Waals surface area contributed by atoms with Crippen molar-refractivity contribution in [2.24, 2.45) is 11.8 Å². The molecule has 1 aromatic rings. The number of benzene rings is 1. The second-order valence-electron chi connectivity index (χ2n) is 9.07. The normalized spacial score (nSPS) is 24.8. The van der Waals surface area contributed by atoms with Crippen LogP contribution in [0.15, 0.2) is 42.5 Å². The fourth-order valence-electron chi connectivity index (χ4n) is 4.46. The number of unbranched alkanes of at least 4 members (excludes halogenated alkanes) is 1. The first-order chi connectivity index (χ1) is 15.9. The second kappa shape index (κ2) is 15.2. The second-order valence-corrected chi connectivity index (χ2v) is 9.07. The molecule has 7 heteroatoms. The van der Waals surface area contributed by atoms with Crippen molar-refractivity contribution < 1.29 is 35.1 Å². The average molecular weight is 465 g/mol. The quantitative estimate of drug-likeness (QED) is 0.153. The lowest BCUT2D eigenvalue weighted by atomic mass is 9.85. The third-order valence-corrected chi connectivity index (χ3v) is 6.44. The van der Waals surface area contributed by atoms with E-state index in [9.17, 15) is 20.1 Å². The van der Waals surface area contributed by atoms with E-state index in [4.69, 9.17) is 14.9 Å². The third-order valence-electron chi connectivity index (χ3n) is 6.44. The lowest BCUT2D eigenvalue weighted by Gasteiger charge is -2.23. The summed E-state index contributed by atoms with van der Waals surface area (Å²) in [6.07, 6.45) is 6.72. The van der Waals surface area contributed by atoms with Crippen LogP contribution in [0.2, 0.25) is 0 Å². The minimum absolute atomic E-state index is 0.0380. The van der Waals surface area contributed by atoms with Crippen molar-refractivity contribution in [2.75, 3.05) is 13.2 Å². The maximum Gasteiger partial charge on any atom is 0.305 e. The molecular formula is C26H40O7. The maximum absolute atomic E-state index is 11.6. The van der Waals surface area contributed by atoms with Crippen LogP contribution in [0.1, 0.15) is 56.9 Å². The lowest BCUT2D eigenvalue weighted by molar-refractivity contribution is -0.147. The van der Waals surface area contributed by atoms with Crippen LogP contribution >= 0.6 is 0 Å². The molecule has 5 N–H and O–H groups in total. The SMILES string of the molecule is O=C(CCCC=CCC1C(O)CC(O)C1CCC(O)CCc1ccccc1)OCC(O)CO. The molecule has 6 atom stereocenters. The number of hydrogen-bond acceptors (Lipinski definition) is 7. The summed E-state index contributed by atoms with van der Waals surface area (Å²) in [4.78, 5) is 11.6. The van der Waals surface area contributed by atoms with Gasteiger partial charge in [-0.2, -0.15) is 0 Å². The molecule has 0 heterocycles. The van der Waals surface area contributed by atoms with Crippen molar-refractivity contribution in [3.8, 4) is 0 Å². The number of aliphatic hydroxyl groups is 5. The predicted molar refractivity (Wildman–Crippen MR) is 125 cm³/mol. The molecular weight excluding hydrogens is 424 g/mol. The lowest BCUT2D eigenvalue weighted by Crippen LogP contribution is -2.23. The Balaban J connectivity index is 1.67. The van der Waals surface area contributed by atoms with Gasteiger partial charge in [-0.3, -0.25) is 4.79 Å². The van der Waals surface area contributed by atoms with E-state index in [0.717, 1.165) is 6.42 Å². The molecule has 0 aromatic heterocycles. The molecule has 33 heavy (non-hydrogen) atoms. The Morgan fingerprint density at radius 2 is 1.76 bits per heavy atom. The average Bonchev–Trinajstić information content (AvgIpc) is 3.09. The fourth-order valence-corrected chi connectivity index (χ4v) is 4.46. The highest BCUT2D eigenvalue weighted by atomic mass is 16.5. The summed E-state index contributed by atoms with van der Waals surface area (Å²) in [6.45, 7) is -0.638. The van der Waals surface area contributed by atoms with Gasteiger partial charge in [-0.25, -0.2) is 0 Å². The zero-order valence-corrected chi connectivity index (χ0v) is 19.3. The van der Waals surface area contributed by atoms with E-state index in [2.05, 4.69) is 12.1 Å². The molecule has 0 bridgehead atoms. The molecule has 0 saturated heterocycles. The summed E-state index contributed by atoms with van der Waals surface area (Å²) in [5, 5.41) is 49.0. The Morgan fingerprint density at radius 1 is 1.03 bits per heavy atom. The van der Waals surface area contributed by atoms with Crippen molar-refractivity contribution in [1.29, 1.82) is 0 Å². The number of rotatable bonds is 15. The number of aryl methyl sites for hydroxylation is 1. The van der Waals surface area contributed by atoms with E-state index in [1.165, 1.54) is 5.56 Å². The number of ether oxygens (including phenoxy) is 1. The van der Waals surface area contributed by atoms with Gasteiger partial charge in [0.1, 0.15) is 12.7 Å². The Bertz CT molecular complexity index is 693. The number of esters is 1. The van der Waals surface area contributed by atoms with Crippen LogP contribution in [-0.2, 0) is 16.0 Å². The molecule has 6 unspecified atom stereocenters. The molecule has 1 aromatic carbocycles. The zero-order chi connectivity index (χ0) is 24.1. The summed E-state index contributed by atoms with van der Waals surface area (Å²) >= 11 is 0. The first-order valence-electron chi connectivity index (χ1n) is 12.1. The van der Waals surface area contributed by atoms with Gasteiger partial charge in [0.05, 0.1) is 24.9 Å². The highest BCUT2D eigenvalue weighted by Crippen LogP contribution is 2.38.